The molecular formula is C34H52O6. The van der Waals surface area contributed by atoms with Gasteiger partial charge in [-0.05, 0) is 67.9 Å². The number of aryl methyl sites for hydroxylation is 2. The lowest BCUT2D eigenvalue weighted by Gasteiger charge is -2.28. The molecule has 0 spiro atoms. The van der Waals surface area contributed by atoms with Crippen LogP contribution in [0, 0.1) is 0 Å². The number of hydrogen-bond acceptors (Lipinski definition) is 4. The standard InChI is InChI=1S/2C17H26O3/c2*1-16(2,3)12-9-11(7-8-14(18)19)10-13(15(12)20)17(4,5)6/h2*9-10,20H,7-8H2,1-6H3,(H,18,19). The van der Waals surface area contributed by atoms with Gasteiger partial charge < -0.3 is 20.4 Å². The molecule has 2 rings (SSSR count). The van der Waals surface area contributed by atoms with E-state index in [0.29, 0.717) is 24.3 Å². The zero-order chi connectivity index (χ0) is 31.4. The predicted octanol–water partition coefficient (Wildman–Crippen LogP) is 8.01. The van der Waals surface area contributed by atoms with E-state index in [0.717, 1.165) is 33.4 Å². The Bertz CT molecular complexity index is 1030. The Hall–Kier alpha value is -3.02. The van der Waals surface area contributed by atoms with Crippen LogP contribution in [0.4, 0.5) is 0 Å². The molecule has 40 heavy (non-hydrogen) atoms. The number of aliphatic carboxylic acids is 2. The summed E-state index contributed by atoms with van der Waals surface area (Å²) in [5, 5.41) is 38.8. The van der Waals surface area contributed by atoms with Crippen LogP contribution in [-0.4, -0.2) is 32.4 Å². The highest BCUT2D eigenvalue weighted by molar-refractivity contribution is 5.67. The number of phenols is 2. The van der Waals surface area contributed by atoms with E-state index in [4.69, 9.17) is 10.2 Å². The maximum Gasteiger partial charge on any atom is 0.303 e. The molecule has 224 valence electrons. The van der Waals surface area contributed by atoms with Crippen molar-refractivity contribution in [1.82, 2.24) is 0 Å². The first kappa shape index (κ1) is 35.0. The molecule has 0 saturated heterocycles. The van der Waals surface area contributed by atoms with Gasteiger partial charge in [0, 0.05) is 12.8 Å². The summed E-state index contributed by atoms with van der Waals surface area (Å²) in [4.78, 5) is 21.5. The predicted molar refractivity (Wildman–Crippen MR) is 163 cm³/mol. The Balaban J connectivity index is 0.000000400. The number of hydrogen-bond donors (Lipinski definition) is 4. The zero-order valence-corrected chi connectivity index (χ0v) is 26.7. The lowest BCUT2D eigenvalue weighted by Crippen LogP contribution is -2.18. The van der Waals surface area contributed by atoms with Crippen LogP contribution in [0.15, 0.2) is 24.3 Å². The van der Waals surface area contributed by atoms with Gasteiger partial charge in [0.2, 0.25) is 0 Å². The van der Waals surface area contributed by atoms with Crippen LogP contribution >= 0.6 is 0 Å². The summed E-state index contributed by atoms with van der Waals surface area (Å²) in [6.45, 7) is 24.6. The fourth-order valence-corrected chi connectivity index (χ4v) is 4.47. The lowest BCUT2D eigenvalue weighted by atomic mass is 9.78. The van der Waals surface area contributed by atoms with E-state index in [1.165, 1.54) is 0 Å². The number of carboxylic acids is 2. The normalized spacial score (nSPS) is 12.5. The topological polar surface area (TPSA) is 115 Å². The van der Waals surface area contributed by atoms with Crippen molar-refractivity contribution >= 4 is 11.9 Å². The van der Waals surface area contributed by atoms with Gasteiger partial charge in [-0.1, -0.05) is 107 Å². The highest BCUT2D eigenvalue weighted by atomic mass is 16.4. The van der Waals surface area contributed by atoms with Crippen molar-refractivity contribution in [3.8, 4) is 11.5 Å². The van der Waals surface area contributed by atoms with E-state index in [-0.39, 0.29) is 34.5 Å². The van der Waals surface area contributed by atoms with Gasteiger partial charge in [-0.2, -0.15) is 0 Å². The highest BCUT2D eigenvalue weighted by Crippen LogP contribution is 2.41. The third-order valence-electron chi connectivity index (χ3n) is 6.83. The number of carboxylic acid groups (broad SMARTS) is 2. The quantitative estimate of drug-likeness (QED) is 0.286. The van der Waals surface area contributed by atoms with Crippen LogP contribution < -0.4 is 0 Å². The molecule has 4 N–H and O–H groups in total. The van der Waals surface area contributed by atoms with Crippen molar-refractivity contribution in [3.05, 3.63) is 57.6 Å². The molecule has 6 nitrogen and oxygen atoms in total. The summed E-state index contributed by atoms with van der Waals surface area (Å²) in [6.07, 6.45) is 1.19. The second-order valence-electron chi connectivity index (χ2n) is 14.9. The summed E-state index contributed by atoms with van der Waals surface area (Å²) >= 11 is 0. The van der Waals surface area contributed by atoms with Gasteiger partial charge >= 0.3 is 11.9 Å². The zero-order valence-electron chi connectivity index (χ0n) is 26.7. The first-order valence-corrected chi connectivity index (χ1v) is 14.0. The summed E-state index contributed by atoms with van der Waals surface area (Å²) in [5.74, 6) is -0.923. The molecule has 0 heterocycles. The molecule has 0 atom stereocenters. The Morgan fingerprint density at radius 2 is 0.700 bits per heavy atom. The summed E-state index contributed by atoms with van der Waals surface area (Å²) < 4.78 is 0. The van der Waals surface area contributed by atoms with Crippen LogP contribution in [0.2, 0.25) is 0 Å². The van der Waals surface area contributed by atoms with Gasteiger partial charge in [0.15, 0.2) is 0 Å². The van der Waals surface area contributed by atoms with Crippen LogP contribution in [0.5, 0.6) is 11.5 Å². The molecule has 0 unspecified atom stereocenters. The molecular weight excluding hydrogens is 504 g/mol. The van der Waals surface area contributed by atoms with Crippen molar-refractivity contribution < 1.29 is 30.0 Å². The average Bonchev–Trinajstić information content (AvgIpc) is 2.74. The maximum atomic E-state index is 10.8. The largest absolute Gasteiger partial charge is 0.507 e. The summed E-state index contributed by atoms with van der Waals surface area (Å²) in [7, 11) is 0. The second-order valence-corrected chi connectivity index (χ2v) is 14.9. The number of phenolic OH excluding ortho intramolecular Hbond substituents is 2. The number of rotatable bonds is 6. The number of carbonyl (C=O) groups is 2. The van der Waals surface area contributed by atoms with Crippen molar-refractivity contribution in [1.29, 1.82) is 0 Å². The van der Waals surface area contributed by atoms with E-state index < -0.39 is 11.9 Å². The summed E-state index contributed by atoms with van der Waals surface area (Å²) in [6, 6.07) is 7.75. The third-order valence-corrected chi connectivity index (χ3v) is 6.83. The van der Waals surface area contributed by atoms with E-state index in [1.807, 2.05) is 24.3 Å². The van der Waals surface area contributed by atoms with Gasteiger partial charge in [0.1, 0.15) is 11.5 Å². The molecule has 2 aromatic carbocycles. The van der Waals surface area contributed by atoms with Gasteiger partial charge in [-0.15, -0.1) is 0 Å². The van der Waals surface area contributed by atoms with Gasteiger partial charge in [-0.25, -0.2) is 0 Å². The molecule has 0 aliphatic heterocycles. The van der Waals surface area contributed by atoms with E-state index in [1.54, 1.807) is 0 Å². The van der Waals surface area contributed by atoms with Crippen molar-refractivity contribution in [2.45, 2.75) is 130 Å². The maximum absolute atomic E-state index is 10.8. The molecule has 0 aliphatic rings. The molecule has 0 aromatic heterocycles. The van der Waals surface area contributed by atoms with E-state index in [2.05, 4.69) is 83.1 Å². The number of aromatic hydroxyl groups is 2. The first-order valence-electron chi connectivity index (χ1n) is 14.0. The molecule has 0 radical (unpaired) electrons. The lowest BCUT2D eigenvalue weighted by molar-refractivity contribution is -0.138. The highest BCUT2D eigenvalue weighted by Gasteiger charge is 2.27. The van der Waals surface area contributed by atoms with E-state index >= 15 is 0 Å². The van der Waals surface area contributed by atoms with Crippen molar-refractivity contribution in [2.75, 3.05) is 0 Å². The molecule has 0 saturated carbocycles. The molecule has 0 fully saturated rings. The fourth-order valence-electron chi connectivity index (χ4n) is 4.47. The fraction of sp³-hybridized carbons (Fsp3) is 0.588. The average molecular weight is 557 g/mol. The van der Waals surface area contributed by atoms with Gasteiger partial charge in [0.25, 0.3) is 0 Å². The third kappa shape index (κ3) is 10.2. The molecule has 6 heteroatoms. The minimum Gasteiger partial charge on any atom is -0.507 e. The smallest absolute Gasteiger partial charge is 0.303 e. The van der Waals surface area contributed by atoms with Crippen molar-refractivity contribution in [2.24, 2.45) is 0 Å². The Kier molecular flexibility index (Phi) is 11.1. The van der Waals surface area contributed by atoms with Crippen LogP contribution in [0.1, 0.15) is 129 Å². The Morgan fingerprint density at radius 1 is 0.500 bits per heavy atom. The Morgan fingerprint density at radius 3 is 0.850 bits per heavy atom. The molecule has 0 aliphatic carbocycles. The first-order chi connectivity index (χ1) is 17.9. The minimum atomic E-state index is -0.798. The summed E-state index contributed by atoms with van der Waals surface area (Å²) in [5.41, 5.74) is 4.76. The molecule has 0 amide bonds. The van der Waals surface area contributed by atoms with Gasteiger partial charge in [0.05, 0.1) is 0 Å². The van der Waals surface area contributed by atoms with Crippen LogP contribution in [0.3, 0.4) is 0 Å². The monoisotopic (exact) mass is 556 g/mol. The number of benzene rings is 2. The second kappa shape index (κ2) is 12.7. The SMILES string of the molecule is CC(C)(C)c1cc(CCC(=O)O)cc(C(C)(C)C)c1O.CC(C)(C)c1cc(CCC(=O)O)cc(C(C)(C)C)c1O. The Labute approximate surface area is 241 Å². The van der Waals surface area contributed by atoms with Crippen LogP contribution in [-0.2, 0) is 44.1 Å². The van der Waals surface area contributed by atoms with E-state index in [9.17, 15) is 19.8 Å². The minimum absolute atomic E-state index is 0.109. The van der Waals surface area contributed by atoms with Crippen LogP contribution in [0.25, 0.3) is 0 Å². The molecule has 2 aromatic rings. The van der Waals surface area contributed by atoms with Gasteiger partial charge in [-0.3, -0.25) is 9.59 Å². The molecule has 0 bridgehead atoms. The van der Waals surface area contributed by atoms with Crippen molar-refractivity contribution in [3.63, 3.8) is 0 Å².